The summed E-state index contributed by atoms with van der Waals surface area (Å²) in [6, 6.07) is 11.7. The van der Waals surface area contributed by atoms with Crippen molar-refractivity contribution in [1.29, 1.82) is 0 Å². The first-order chi connectivity index (χ1) is 10.1. The third-order valence-corrected chi connectivity index (χ3v) is 3.41. The average molecular weight is 304 g/mol. The summed E-state index contributed by atoms with van der Waals surface area (Å²) in [7, 11) is 0. The van der Waals surface area contributed by atoms with E-state index in [9.17, 15) is 9.18 Å². The van der Waals surface area contributed by atoms with Gasteiger partial charge in [-0.1, -0.05) is 35.9 Å². The second kappa shape index (κ2) is 5.54. The Bertz CT molecular complexity index is 816. The molecule has 1 amide bonds. The minimum absolute atomic E-state index is 0.0342. The van der Waals surface area contributed by atoms with Gasteiger partial charge in [-0.3, -0.25) is 9.89 Å². The minimum atomic E-state index is -0.481. The number of hydrogen-bond donors (Lipinski definition) is 2. The number of nitrogens with one attached hydrogen (secondary N) is 2. The fraction of sp³-hybridized carbons (Fsp3) is 0.0667. The van der Waals surface area contributed by atoms with Crippen molar-refractivity contribution >= 4 is 28.4 Å². The van der Waals surface area contributed by atoms with Gasteiger partial charge in [0.2, 0.25) is 0 Å². The van der Waals surface area contributed by atoms with Crippen LogP contribution in [0.4, 0.5) is 4.39 Å². The number of nitrogens with zero attached hydrogens (tertiary/aromatic N) is 1. The smallest absolute Gasteiger partial charge is 0.272 e. The van der Waals surface area contributed by atoms with Crippen LogP contribution in [0.5, 0.6) is 0 Å². The highest BCUT2D eigenvalue weighted by Gasteiger charge is 2.13. The van der Waals surface area contributed by atoms with Gasteiger partial charge in [0.05, 0.1) is 10.5 Å². The van der Waals surface area contributed by atoms with Crippen molar-refractivity contribution < 1.29 is 9.18 Å². The van der Waals surface area contributed by atoms with Crippen LogP contribution in [0.1, 0.15) is 16.1 Å². The van der Waals surface area contributed by atoms with Gasteiger partial charge in [0.25, 0.3) is 5.91 Å². The summed E-state index contributed by atoms with van der Waals surface area (Å²) in [5.74, 6) is -0.780. The second-order valence-electron chi connectivity index (χ2n) is 4.55. The summed E-state index contributed by atoms with van der Waals surface area (Å²) in [6.45, 7) is 0.250. The van der Waals surface area contributed by atoms with E-state index in [0.29, 0.717) is 5.69 Å². The highest BCUT2D eigenvalue weighted by Crippen LogP contribution is 2.17. The summed E-state index contributed by atoms with van der Waals surface area (Å²) in [5, 5.41) is 10.3. The molecule has 1 heterocycles. The van der Waals surface area contributed by atoms with E-state index >= 15 is 0 Å². The maximum Gasteiger partial charge on any atom is 0.272 e. The molecule has 0 radical (unpaired) electrons. The first-order valence-electron chi connectivity index (χ1n) is 6.30. The molecule has 21 heavy (non-hydrogen) atoms. The highest BCUT2D eigenvalue weighted by atomic mass is 35.5. The minimum Gasteiger partial charge on any atom is -0.347 e. The lowest BCUT2D eigenvalue weighted by atomic mass is 10.2. The fourth-order valence-corrected chi connectivity index (χ4v) is 2.26. The monoisotopic (exact) mass is 303 g/mol. The normalized spacial score (nSPS) is 10.8. The van der Waals surface area contributed by atoms with Crippen molar-refractivity contribution in [3.05, 3.63) is 64.6 Å². The number of amides is 1. The molecule has 0 aliphatic rings. The number of carbonyl (C=O) groups excluding carboxylic acids is 1. The van der Waals surface area contributed by atoms with E-state index in [-0.39, 0.29) is 17.5 Å². The molecule has 3 rings (SSSR count). The Morgan fingerprint density at radius 1 is 1.29 bits per heavy atom. The number of benzene rings is 2. The molecule has 0 unspecified atom stereocenters. The van der Waals surface area contributed by atoms with E-state index in [1.165, 1.54) is 12.1 Å². The molecule has 0 fully saturated rings. The predicted octanol–water partition coefficient (Wildman–Crippen LogP) is 3.29. The predicted molar refractivity (Wildman–Crippen MR) is 78.7 cm³/mol. The third-order valence-electron chi connectivity index (χ3n) is 3.12. The van der Waals surface area contributed by atoms with Gasteiger partial charge in [-0.15, -0.1) is 0 Å². The topological polar surface area (TPSA) is 57.8 Å². The Labute approximate surface area is 124 Å². The van der Waals surface area contributed by atoms with Gasteiger partial charge in [0.15, 0.2) is 5.69 Å². The van der Waals surface area contributed by atoms with Crippen LogP contribution in [0.3, 0.4) is 0 Å². The largest absolute Gasteiger partial charge is 0.347 e. The molecule has 106 valence electrons. The summed E-state index contributed by atoms with van der Waals surface area (Å²) in [6.07, 6.45) is 0. The number of rotatable bonds is 3. The van der Waals surface area contributed by atoms with Gasteiger partial charge in [-0.05, 0) is 23.8 Å². The average Bonchev–Trinajstić information content (AvgIpc) is 2.92. The van der Waals surface area contributed by atoms with Crippen molar-refractivity contribution in [2.24, 2.45) is 0 Å². The molecule has 2 N–H and O–H groups in total. The van der Waals surface area contributed by atoms with Gasteiger partial charge in [0.1, 0.15) is 5.82 Å². The molecular weight excluding hydrogens is 293 g/mol. The van der Waals surface area contributed by atoms with Gasteiger partial charge >= 0.3 is 0 Å². The van der Waals surface area contributed by atoms with Crippen LogP contribution in [0.15, 0.2) is 42.5 Å². The zero-order valence-electron chi connectivity index (χ0n) is 10.9. The van der Waals surface area contributed by atoms with E-state index in [0.717, 1.165) is 16.5 Å². The molecular formula is C15H11ClFN3O. The summed E-state index contributed by atoms with van der Waals surface area (Å²) >= 11 is 5.70. The quantitative estimate of drug-likeness (QED) is 0.780. The fourth-order valence-electron chi connectivity index (χ4n) is 2.05. The number of fused-ring (bicyclic) bond motifs is 1. The zero-order valence-corrected chi connectivity index (χ0v) is 11.6. The number of halogens is 2. The third kappa shape index (κ3) is 2.73. The summed E-state index contributed by atoms with van der Waals surface area (Å²) < 4.78 is 13.1. The molecule has 6 heteroatoms. The maximum atomic E-state index is 13.1. The molecule has 3 aromatic rings. The molecule has 2 aromatic carbocycles. The molecule has 0 bridgehead atoms. The van der Waals surface area contributed by atoms with Crippen LogP contribution in [0.2, 0.25) is 5.02 Å². The zero-order chi connectivity index (χ0) is 14.8. The number of carbonyl (C=O) groups is 1. The van der Waals surface area contributed by atoms with Crippen molar-refractivity contribution in [3.8, 4) is 0 Å². The molecule has 0 atom stereocenters. The first kappa shape index (κ1) is 13.6. The van der Waals surface area contributed by atoms with Crippen molar-refractivity contribution in [3.63, 3.8) is 0 Å². The van der Waals surface area contributed by atoms with Crippen LogP contribution in [0, 0.1) is 5.82 Å². The lowest BCUT2D eigenvalue weighted by molar-refractivity contribution is 0.0947. The Morgan fingerprint density at radius 3 is 2.90 bits per heavy atom. The maximum absolute atomic E-state index is 13.1. The van der Waals surface area contributed by atoms with E-state index < -0.39 is 5.82 Å². The highest BCUT2D eigenvalue weighted by molar-refractivity contribution is 6.30. The second-order valence-corrected chi connectivity index (χ2v) is 4.96. The number of aromatic amines is 1. The molecule has 0 saturated carbocycles. The standard InChI is InChI=1S/C15H11ClFN3O/c16-11-7-9(5-6-12(11)17)8-18-15(21)14-10-3-1-2-4-13(10)19-20-14/h1-7H,8H2,(H,18,21)(H,19,20). The van der Waals surface area contributed by atoms with Crippen LogP contribution < -0.4 is 5.32 Å². The number of para-hydroxylation sites is 1. The number of aromatic nitrogens is 2. The number of H-pyrrole nitrogens is 1. The van der Waals surface area contributed by atoms with Crippen LogP contribution in [0.25, 0.3) is 10.9 Å². The summed E-state index contributed by atoms with van der Waals surface area (Å²) in [4.78, 5) is 12.1. The Kier molecular flexibility index (Phi) is 3.58. The molecule has 0 aliphatic heterocycles. The Morgan fingerprint density at radius 2 is 2.10 bits per heavy atom. The molecule has 0 spiro atoms. The van der Waals surface area contributed by atoms with Crippen LogP contribution in [-0.2, 0) is 6.54 Å². The molecule has 1 aromatic heterocycles. The first-order valence-corrected chi connectivity index (χ1v) is 6.68. The van der Waals surface area contributed by atoms with Gasteiger partial charge < -0.3 is 5.32 Å². The van der Waals surface area contributed by atoms with E-state index in [4.69, 9.17) is 11.6 Å². The lowest BCUT2D eigenvalue weighted by Crippen LogP contribution is -2.23. The molecule has 0 saturated heterocycles. The van der Waals surface area contributed by atoms with Crippen LogP contribution in [-0.4, -0.2) is 16.1 Å². The van der Waals surface area contributed by atoms with Crippen LogP contribution >= 0.6 is 11.6 Å². The lowest BCUT2D eigenvalue weighted by Gasteiger charge is -2.05. The molecule has 0 aliphatic carbocycles. The molecule has 4 nitrogen and oxygen atoms in total. The van der Waals surface area contributed by atoms with Crippen molar-refractivity contribution in [2.45, 2.75) is 6.54 Å². The van der Waals surface area contributed by atoms with Crippen molar-refractivity contribution in [1.82, 2.24) is 15.5 Å². The van der Waals surface area contributed by atoms with E-state index in [2.05, 4.69) is 15.5 Å². The van der Waals surface area contributed by atoms with Gasteiger partial charge in [0, 0.05) is 11.9 Å². The SMILES string of the molecule is O=C(NCc1ccc(F)c(Cl)c1)c1n[nH]c2ccccc12. The Hall–Kier alpha value is -2.40. The summed E-state index contributed by atoms with van der Waals surface area (Å²) in [5.41, 5.74) is 1.85. The number of hydrogen-bond acceptors (Lipinski definition) is 2. The van der Waals surface area contributed by atoms with Gasteiger partial charge in [-0.25, -0.2) is 4.39 Å². The Balaban J connectivity index is 1.76. The van der Waals surface area contributed by atoms with E-state index in [1.54, 1.807) is 6.07 Å². The van der Waals surface area contributed by atoms with E-state index in [1.807, 2.05) is 24.3 Å². The van der Waals surface area contributed by atoms with Crippen molar-refractivity contribution in [2.75, 3.05) is 0 Å². The van der Waals surface area contributed by atoms with Gasteiger partial charge in [-0.2, -0.15) is 5.10 Å².